The van der Waals surface area contributed by atoms with Gasteiger partial charge in [0.15, 0.2) is 0 Å². The Hall–Kier alpha value is -1.50. The number of carbonyl (C=O) groups excluding carboxylic acids is 1. The van der Waals surface area contributed by atoms with E-state index in [-0.39, 0.29) is 18.3 Å². The Bertz CT molecular complexity index is 448. The number of halogens is 1. The highest BCUT2D eigenvalue weighted by molar-refractivity contribution is 5.92. The van der Waals surface area contributed by atoms with Gasteiger partial charge in [-0.2, -0.15) is 0 Å². The zero-order valence-electron chi connectivity index (χ0n) is 10.5. The van der Waals surface area contributed by atoms with Crippen LogP contribution in [0, 0.1) is 5.82 Å². The van der Waals surface area contributed by atoms with Crippen LogP contribution in [0.3, 0.4) is 0 Å². The molecular formula is C13H17FN2O3. The molecular weight excluding hydrogens is 251 g/mol. The number of hydrogen-bond donors (Lipinski definition) is 2. The van der Waals surface area contributed by atoms with E-state index in [1.807, 2.05) is 0 Å². The molecule has 2 rings (SSSR count). The molecule has 1 fully saturated rings. The van der Waals surface area contributed by atoms with Gasteiger partial charge < -0.3 is 20.5 Å². The summed E-state index contributed by atoms with van der Waals surface area (Å²) in [7, 11) is 0. The van der Waals surface area contributed by atoms with Gasteiger partial charge in [0, 0.05) is 24.2 Å². The van der Waals surface area contributed by atoms with Crippen LogP contribution in [0.4, 0.5) is 4.39 Å². The molecule has 0 bridgehead atoms. The van der Waals surface area contributed by atoms with Crippen molar-refractivity contribution in [3.05, 3.63) is 35.1 Å². The van der Waals surface area contributed by atoms with Gasteiger partial charge in [-0.1, -0.05) is 6.07 Å². The number of nitrogens with one attached hydrogen (secondary N) is 1. The highest BCUT2D eigenvalue weighted by Gasteiger charge is 2.14. The molecule has 3 N–H and O–H groups in total. The monoisotopic (exact) mass is 268 g/mol. The average Bonchev–Trinajstić information content (AvgIpc) is 2.41. The molecule has 1 heterocycles. The summed E-state index contributed by atoms with van der Waals surface area (Å²) in [6.07, 6.45) is 0.00158. The molecule has 1 saturated heterocycles. The fraction of sp³-hybridized carbons (Fsp3) is 0.462. The Morgan fingerprint density at radius 3 is 3.05 bits per heavy atom. The summed E-state index contributed by atoms with van der Waals surface area (Å²) in [5, 5.41) is 3.18. The van der Waals surface area contributed by atoms with Crippen molar-refractivity contribution in [1.29, 1.82) is 0 Å². The van der Waals surface area contributed by atoms with E-state index in [2.05, 4.69) is 5.32 Å². The van der Waals surface area contributed by atoms with Crippen LogP contribution in [0.1, 0.15) is 15.9 Å². The first-order chi connectivity index (χ1) is 9.16. The highest BCUT2D eigenvalue weighted by atomic mass is 19.1. The van der Waals surface area contributed by atoms with Crippen LogP contribution >= 0.6 is 0 Å². The van der Waals surface area contributed by atoms with E-state index in [4.69, 9.17) is 15.2 Å². The third-order valence-electron chi connectivity index (χ3n) is 2.90. The largest absolute Gasteiger partial charge is 0.374 e. The predicted octanol–water partition coefficient (Wildman–Crippen LogP) is 0.430. The van der Waals surface area contributed by atoms with Crippen LogP contribution in [-0.2, 0) is 16.1 Å². The van der Waals surface area contributed by atoms with Crippen molar-refractivity contribution >= 4 is 5.91 Å². The van der Waals surface area contributed by atoms with Crippen LogP contribution in [0.2, 0.25) is 0 Å². The summed E-state index contributed by atoms with van der Waals surface area (Å²) >= 11 is 0. The molecule has 1 amide bonds. The number of amides is 1. The maximum absolute atomic E-state index is 13.6. The van der Waals surface area contributed by atoms with E-state index in [0.29, 0.717) is 18.8 Å². The molecule has 0 saturated carbocycles. The molecule has 0 aliphatic carbocycles. The molecule has 1 aliphatic heterocycles. The first-order valence-corrected chi connectivity index (χ1v) is 6.15. The lowest BCUT2D eigenvalue weighted by atomic mass is 10.1. The van der Waals surface area contributed by atoms with E-state index in [1.54, 1.807) is 0 Å². The Balaban J connectivity index is 1.83. The van der Waals surface area contributed by atoms with E-state index in [0.717, 1.165) is 19.2 Å². The van der Waals surface area contributed by atoms with Gasteiger partial charge in [0.1, 0.15) is 5.82 Å². The second-order valence-electron chi connectivity index (χ2n) is 4.38. The van der Waals surface area contributed by atoms with Crippen LogP contribution in [0.5, 0.6) is 0 Å². The molecule has 1 aromatic carbocycles. The Morgan fingerprint density at radius 1 is 1.58 bits per heavy atom. The van der Waals surface area contributed by atoms with Gasteiger partial charge in [-0.05, 0) is 12.1 Å². The number of ether oxygens (including phenoxy) is 2. The average molecular weight is 268 g/mol. The minimum absolute atomic E-state index is 0.00158. The Kier molecular flexibility index (Phi) is 4.84. The molecule has 0 spiro atoms. The third-order valence-corrected chi connectivity index (χ3v) is 2.90. The topological polar surface area (TPSA) is 73.6 Å². The number of rotatable bonds is 5. The predicted molar refractivity (Wildman–Crippen MR) is 67.2 cm³/mol. The zero-order valence-corrected chi connectivity index (χ0v) is 10.5. The van der Waals surface area contributed by atoms with E-state index in [1.165, 1.54) is 12.1 Å². The Labute approximate surface area is 110 Å². The summed E-state index contributed by atoms with van der Waals surface area (Å²) in [6.45, 7) is 2.80. The van der Waals surface area contributed by atoms with Crippen molar-refractivity contribution in [3.63, 3.8) is 0 Å². The van der Waals surface area contributed by atoms with Gasteiger partial charge in [-0.15, -0.1) is 0 Å². The maximum atomic E-state index is 13.6. The van der Waals surface area contributed by atoms with Gasteiger partial charge in [0.25, 0.3) is 0 Å². The number of benzene rings is 1. The van der Waals surface area contributed by atoms with Gasteiger partial charge in [-0.25, -0.2) is 4.39 Å². The lowest BCUT2D eigenvalue weighted by molar-refractivity contribution is -0.0361. The van der Waals surface area contributed by atoms with Gasteiger partial charge in [0.2, 0.25) is 5.91 Å². The number of primary amides is 1. The van der Waals surface area contributed by atoms with Crippen molar-refractivity contribution in [2.75, 3.05) is 26.3 Å². The minimum Gasteiger partial charge on any atom is -0.374 e. The minimum atomic E-state index is -0.645. The fourth-order valence-electron chi connectivity index (χ4n) is 1.84. The van der Waals surface area contributed by atoms with Crippen molar-refractivity contribution in [1.82, 2.24) is 5.32 Å². The van der Waals surface area contributed by atoms with E-state index in [9.17, 15) is 9.18 Å². The first-order valence-electron chi connectivity index (χ1n) is 6.15. The lowest BCUT2D eigenvalue weighted by Gasteiger charge is -2.23. The second kappa shape index (κ2) is 6.60. The second-order valence-corrected chi connectivity index (χ2v) is 4.38. The molecule has 1 aromatic rings. The lowest BCUT2D eigenvalue weighted by Crippen LogP contribution is -2.40. The molecule has 1 aliphatic rings. The van der Waals surface area contributed by atoms with E-state index >= 15 is 0 Å². The molecule has 1 unspecified atom stereocenters. The fourth-order valence-corrected chi connectivity index (χ4v) is 1.84. The van der Waals surface area contributed by atoms with Crippen LogP contribution in [-0.4, -0.2) is 38.3 Å². The van der Waals surface area contributed by atoms with E-state index < -0.39 is 11.7 Å². The van der Waals surface area contributed by atoms with Gasteiger partial charge >= 0.3 is 0 Å². The first kappa shape index (κ1) is 13.9. The summed E-state index contributed by atoms with van der Waals surface area (Å²) < 4.78 is 24.5. The summed E-state index contributed by atoms with van der Waals surface area (Å²) in [4.78, 5) is 10.9. The van der Waals surface area contributed by atoms with Crippen LogP contribution < -0.4 is 11.1 Å². The standard InChI is InChI=1S/C13H17FN2O3/c14-12-5-9(13(15)17)1-2-10(12)7-18-8-11-6-16-3-4-19-11/h1-2,5,11,16H,3-4,6-8H2,(H2,15,17). The van der Waals surface area contributed by atoms with Crippen molar-refractivity contribution in [2.45, 2.75) is 12.7 Å². The third kappa shape index (κ3) is 3.99. The molecule has 0 aromatic heterocycles. The quantitative estimate of drug-likeness (QED) is 0.812. The Morgan fingerprint density at radius 2 is 2.42 bits per heavy atom. The summed E-state index contributed by atoms with van der Waals surface area (Å²) in [6, 6.07) is 4.12. The number of morpholine rings is 1. The summed E-state index contributed by atoms with van der Waals surface area (Å²) in [5.41, 5.74) is 5.62. The molecule has 1 atom stereocenters. The van der Waals surface area contributed by atoms with Gasteiger partial charge in [0.05, 0.1) is 25.9 Å². The van der Waals surface area contributed by atoms with Crippen LogP contribution in [0.25, 0.3) is 0 Å². The molecule has 0 radical (unpaired) electrons. The molecule has 6 heteroatoms. The zero-order chi connectivity index (χ0) is 13.7. The number of carbonyl (C=O) groups is 1. The maximum Gasteiger partial charge on any atom is 0.248 e. The van der Waals surface area contributed by atoms with Crippen LogP contribution in [0.15, 0.2) is 18.2 Å². The SMILES string of the molecule is NC(=O)c1ccc(COCC2CNCCO2)c(F)c1. The normalized spacial score (nSPS) is 19.3. The summed E-state index contributed by atoms with van der Waals surface area (Å²) in [5.74, 6) is -1.13. The molecule has 19 heavy (non-hydrogen) atoms. The molecule has 5 nitrogen and oxygen atoms in total. The highest BCUT2D eigenvalue weighted by Crippen LogP contribution is 2.12. The van der Waals surface area contributed by atoms with Crippen molar-refractivity contribution in [2.24, 2.45) is 5.73 Å². The van der Waals surface area contributed by atoms with Crippen molar-refractivity contribution < 1.29 is 18.7 Å². The molecule has 104 valence electrons. The van der Waals surface area contributed by atoms with Gasteiger partial charge in [-0.3, -0.25) is 4.79 Å². The number of nitrogens with two attached hydrogens (primary N) is 1. The van der Waals surface area contributed by atoms with Crippen molar-refractivity contribution in [3.8, 4) is 0 Å². The smallest absolute Gasteiger partial charge is 0.248 e. The number of hydrogen-bond acceptors (Lipinski definition) is 4.